The Morgan fingerprint density at radius 3 is 2.57 bits per heavy atom. The van der Waals surface area contributed by atoms with E-state index >= 15 is 0 Å². The lowest BCUT2D eigenvalue weighted by Gasteiger charge is -2.38. The van der Waals surface area contributed by atoms with Crippen molar-refractivity contribution in [2.75, 3.05) is 19.0 Å². The number of amides is 1. The highest BCUT2D eigenvalue weighted by atomic mass is 16.5. The van der Waals surface area contributed by atoms with Crippen LogP contribution < -0.4 is 14.8 Å². The van der Waals surface area contributed by atoms with Crippen molar-refractivity contribution in [2.45, 2.75) is 17.5 Å². The molecule has 3 aliphatic heterocycles. The van der Waals surface area contributed by atoms with Gasteiger partial charge in [0.1, 0.15) is 29.0 Å². The third kappa shape index (κ3) is 3.86. The zero-order valence-electron chi connectivity index (χ0n) is 23.8. The number of benzene rings is 4. The largest absolute Gasteiger partial charge is 0.497 e. The first-order chi connectivity index (χ1) is 21.5. The van der Waals surface area contributed by atoms with E-state index in [1.807, 2.05) is 71.8 Å². The van der Waals surface area contributed by atoms with Gasteiger partial charge >= 0.3 is 0 Å². The summed E-state index contributed by atoms with van der Waals surface area (Å²) in [5.41, 5.74) is 2.12. The van der Waals surface area contributed by atoms with Crippen molar-refractivity contribution in [1.82, 2.24) is 4.90 Å². The number of anilines is 1. The van der Waals surface area contributed by atoms with Gasteiger partial charge in [-0.25, -0.2) is 0 Å². The highest BCUT2D eigenvalue weighted by molar-refractivity contribution is 6.17. The summed E-state index contributed by atoms with van der Waals surface area (Å²) in [6.07, 6.45) is 3.73. The number of hydrogen-bond donors (Lipinski definition) is 1. The number of carbonyl (C=O) groups is 3. The van der Waals surface area contributed by atoms with Gasteiger partial charge in [0.05, 0.1) is 24.6 Å². The number of rotatable bonds is 7. The van der Waals surface area contributed by atoms with E-state index in [-0.39, 0.29) is 35.4 Å². The Morgan fingerprint density at radius 2 is 1.73 bits per heavy atom. The normalized spacial score (nSPS) is 22.4. The van der Waals surface area contributed by atoms with Crippen LogP contribution in [0.1, 0.15) is 43.4 Å². The second kappa shape index (κ2) is 10.5. The van der Waals surface area contributed by atoms with Crippen LogP contribution in [0, 0.1) is 17.2 Å². The number of hydrogen-bond acceptors (Lipinski definition) is 7. The van der Waals surface area contributed by atoms with Gasteiger partial charge in [-0.05, 0) is 53.1 Å². The number of ketones is 2. The smallest absolute Gasteiger partial charge is 0.238 e. The molecule has 0 unspecified atom stereocenters. The Morgan fingerprint density at radius 1 is 0.955 bits per heavy atom. The molecule has 216 valence electrons. The quantitative estimate of drug-likeness (QED) is 0.284. The van der Waals surface area contributed by atoms with Crippen molar-refractivity contribution in [3.8, 4) is 17.6 Å². The average molecular weight is 582 g/mol. The number of ether oxygens (including phenoxy) is 2. The van der Waals surface area contributed by atoms with Crippen molar-refractivity contribution in [3.05, 3.63) is 131 Å². The van der Waals surface area contributed by atoms with Gasteiger partial charge in [-0.2, -0.15) is 5.26 Å². The minimum Gasteiger partial charge on any atom is -0.497 e. The summed E-state index contributed by atoms with van der Waals surface area (Å²) in [5, 5.41) is 12.2. The lowest BCUT2D eigenvalue weighted by molar-refractivity contribution is -0.122. The van der Waals surface area contributed by atoms with E-state index in [2.05, 4.69) is 5.32 Å². The number of fused-ring (bicyclic) bond motifs is 6. The molecule has 7 rings (SSSR count). The topological polar surface area (TPSA) is 109 Å². The second-order valence-corrected chi connectivity index (χ2v) is 11.0. The lowest BCUT2D eigenvalue weighted by atomic mass is 9.62. The predicted octanol–water partition coefficient (Wildman–Crippen LogP) is 5.58. The van der Waals surface area contributed by atoms with Gasteiger partial charge in [0, 0.05) is 17.5 Å². The number of Topliss-reactive ketones (excluding diaryl/α,β-unsaturated/α-hetero) is 2. The van der Waals surface area contributed by atoms with Gasteiger partial charge in [-0.15, -0.1) is 0 Å². The van der Waals surface area contributed by atoms with Crippen molar-refractivity contribution in [1.29, 1.82) is 5.26 Å². The fourth-order valence-electron chi connectivity index (χ4n) is 7.19. The first kappa shape index (κ1) is 27.2. The molecule has 0 aromatic heterocycles. The summed E-state index contributed by atoms with van der Waals surface area (Å²) in [5.74, 6) is -1.50. The number of para-hydroxylation sites is 2. The van der Waals surface area contributed by atoms with E-state index in [1.165, 1.54) is 7.11 Å². The summed E-state index contributed by atoms with van der Waals surface area (Å²) >= 11 is 0. The zero-order valence-corrected chi connectivity index (χ0v) is 23.8. The number of carbonyl (C=O) groups excluding carboxylic acids is 3. The molecule has 0 aliphatic carbocycles. The molecule has 1 amide bonds. The Bertz CT molecular complexity index is 1910. The van der Waals surface area contributed by atoms with E-state index in [1.54, 1.807) is 48.5 Å². The maximum Gasteiger partial charge on any atom is 0.238 e. The Hall–Kier alpha value is -5.68. The summed E-state index contributed by atoms with van der Waals surface area (Å²) in [7, 11) is 1.52. The summed E-state index contributed by atoms with van der Waals surface area (Å²) < 4.78 is 11.1. The van der Waals surface area contributed by atoms with Gasteiger partial charge < -0.3 is 19.7 Å². The Balaban J connectivity index is 1.52. The lowest BCUT2D eigenvalue weighted by Crippen LogP contribution is -2.49. The monoisotopic (exact) mass is 581 g/mol. The third-order valence-corrected chi connectivity index (χ3v) is 8.92. The molecule has 0 bridgehead atoms. The van der Waals surface area contributed by atoms with Crippen LogP contribution in [-0.4, -0.2) is 42.1 Å². The molecular formula is C36H27N3O5. The second-order valence-electron chi connectivity index (χ2n) is 11.0. The fraction of sp³-hybridized carbons (Fsp3) is 0.167. The molecule has 1 N–H and O–H groups in total. The molecule has 3 heterocycles. The van der Waals surface area contributed by atoms with Gasteiger partial charge in [0.25, 0.3) is 0 Å². The maximum atomic E-state index is 15.0. The predicted molar refractivity (Wildman–Crippen MR) is 163 cm³/mol. The number of nitrogens with zero attached hydrogens (tertiary/aromatic N) is 2. The summed E-state index contributed by atoms with van der Waals surface area (Å²) in [4.78, 5) is 46.3. The molecule has 4 atom stereocenters. The highest BCUT2D eigenvalue weighted by Crippen LogP contribution is 2.62. The molecule has 0 radical (unpaired) electrons. The third-order valence-electron chi connectivity index (χ3n) is 8.92. The number of nitriles is 1. The summed E-state index contributed by atoms with van der Waals surface area (Å²) in [6.45, 7) is -0.250. The van der Waals surface area contributed by atoms with Gasteiger partial charge in [-0.1, -0.05) is 66.7 Å². The van der Waals surface area contributed by atoms with Crippen molar-refractivity contribution in [3.63, 3.8) is 0 Å². The van der Waals surface area contributed by atoms with Crippen LogP contribution in [0.4, 0.5) is 5.69 Å². The first-order valence-corrected chi connectivity index (χ1v) is 14.3. The maximum absolute atomic E-state index is 15.0. The van der Waals surface area contributed by atoms with Crippen LogP contribution in [0.15, 0.2) is 103 Å². The van der Waals surface area contributed by atoms with Crippen LogP contribution in [-0.2, 0) is 10.2 Å². The van der Waals surface area contributed by atoms with Gasteiger partial charge in [0.15, 0.2) is 18.2 Å². The average Bonchev–Trinajstić information content (AvgIpc) is 3.55. The van der Waals surface area contributed by atoms with Crippen molar-refractivity contribution < 1.29 is 23.9 Å². The van der Waals surface area contributed by atoms with Crippen LogP contribution in [0.25, 0.3) is 6.08 Å². The van der Waals surface area contributed by atoms with Gasteiger partial charge in [0.2, 0.25) is 5.91 Å². The van der Waals surface area contributed by atoms with E-state index in [4.69, 9.17) is 9.47 Å². The van der Waals surface area contributed by atoms with Crippen molar-refractivity contribution in [2.24, 2.45) is 5.92 Å². The highest BCUT2D eigenvalue weighted by Gasteiger charge is 2.70. The minimum atomic E-state index is -1.46. The number of methoxy groups -OCH3 is 1. The number of nitrogens with one attached hydrogen (secondary N) is 1. The molecule has 8 heteroatoms. The Kier molecular flexibility index (Phi) is 6.51. The summed E-state index contributed by atoms with van der Waals surface area (Å²) in [6, 6.07) is 28.8. The Labute approximate surface area is 254 Å². The van der Waals surface area contributed by atoms with E-state index in [9.17, 15) is 19.6 Å². The van der Waals surface area contributed by atoms with Crippen LogP contribution >= 0.6 is 0 Å². The van der Waals surface area contributed by atoms with Crippen molar-refractivity contribution >= 4 is 29.2 Å². The molecule has 1 fully saturated rings. The van der Waals surface area contributed by atoms with Crippen LogP contribution in [0.2, 0.25) is 0 Å². The van der Waals surface area contributed by atoms with Gasteiger partial charge in [-0.3, -0.25) is 14.4 Å². The molecule has 1 spiro atoms. The SMILES string of the molecule is COc1cccc(C(=O)[C@@H]2[C@H](C(=O)c3ccccc3OCC#N)N3C=Cc4ccccc4[C@H]3[C@]23C(=O)Nc2ccccc23)c1. The standard InChI is InChI=1S/C36H27N3O5/c1-43-24-11-8-10-23(21-24)32(40)30-31(33(41)26-13-4-7-16-29(26)44-20-18-37)39-19-17-22-9-2-3-12-25(22)34(39)36(30)27-14-5-6-15-28(27)38-35(36)42/h2-17,19,21,30-31,34H,20H2,1H3,(H,38,42)/t30-,31+,34-,36+/m0/s1. The first-order valence-electron chi connectivity index (χ1n) is 14.3. The van der Waals surface area contributed by atoms with Crippen LogP contribution in [0.5, 0.6) is 11.5 Å². The molecule has 4 aromatic carbocycles. The molecule has 0 saturated carbocycles. The minimum absolute atomic E-state index is 0.228. The van der Waals surface area contributed by atoms with Crippen LogP contribution in [0.3, 0.4) is 0 Å². The molecular weight excluding hydrogens is 554 g/mol. The molecule has 4 aromatic rings. The van der Waals surface area contributed by atoms with E-state index in [0.717, 1.165) is 11.1 Å². The molecule has 1 saturated heterocycles. The molecule has 3 aliphatic rings. The van der Waals surface area contributed by atoms with E-state index < -0.39 is 23.4 Å². The fourth-order valence-corrected chi connectivity index (χ4v) is 7.19. The molecule has 44 heavy (non-hydrogen) atoms. The van der Waals surface area contributed by atoms with E-state index in [0.29, 0.717) is 22.6 Å². The zero-order chi connectivity index (χ0) is 30.4. The molecule has 8 nitrogen and oxygen atoms in total.